The normalized spacial score (nSPS) is 13.3. The van der Waals surface area contributed by atoms with E-state index in [1.54, 1.807) is 0 Å². The summed E-state index contributed by atoms with van der Waals surface area (Å²) in [5, 5.41) is 11.7. The van der Waals surface area contributed by atoms with Gasteiger partial charge in [-0.15, -0.1) is 0 Å². The molecule has 0 radical (unpaired) electrons. The maximum absolute atomic E-state index is 12.7. The van der Waals surface area contributed by atoms with E-state index < -0.39 is 24.3 Å². The molecule has 0 rings (SSSR count). The maximum Gasteiger partial charge on any atom is 0.306 e. The second-order valence-electron chi connectivity index (χ2n) is 15.6. The summed E-state index contributed by atoms with van der Waals surface area (Å²) in [4.78, 5) is 36.8. The third-order valence-electron chi connectivity index (χ3n) is 9.14. The van der Waals surface area contributed by atoms with E-state index in [1.165, 1.54) is 70.6 Å². The minimum absolute atomic E-state index is 0.145. The fourth-order valence-electron chi connectivity index (χ4n) is 5.72. The molecule has 9 nitrogen and oxygen atoms in total. The van der Waals surface area contributed by atoms with Crippen LogP contribution >= 0.6 is 0 Å². The number of rotatable bonds is 39. The summed E-state index contributed by atoms with van der Waals surface area (Å²) in [5.74, 6) is -2.30. The van der Waals surface area contributed by atoms with E-state index in [0.29, 0.717) is 23.9 Å². The minimum atomic E-state index is -1.62. The monoisotopic (exact) mass is 764 g/mol. The van der Waals surface area contributed by atoms with Crippen LogP contribution in [-0.4, -0.2) is 82.3 Å². The van der Waals surface area contributed by atoms with E-state index in [9.17, 15) is 19.5 Å². The third-order valence-corrected chi connectivity index (χ3v) is 9.14. The average Bonchev–Trinajstić information content (AvgIpc) is 3.12. The molecule has 314 valence electrons. The van der Waals surface area contributed by atoms with Crippen LogP contribution < -0.4 is 5.11 Å². The fraction of sp³-hybridized carbons (Fsp3) is 0.800. The summed E-state index contributed by atoms with van der Waals surface area (Å²) in [5.41, 5.74) is 0. The van der Waals surface area contributed by atoms with Crippen LogP contribution in [0.3, 0.4) is 0 Å². The number of nitrogens with zero attached hydrogens (tertiary/aromatic N) is 1. The van der Waals surface area contributed by atoms with Crippen LogP contribution in [0.1, 0.15) is 174 Å². The van der Waals surface area contributed by atoms with Crippen molar-refractivity contribution in [2.45, 2.75) is 187 Å². The first-order valence-electron chi connectivity index (χ1n) is 21.6. The predicted octanol–water partition coefficient (Wildman–Crippen LogP) is 9.72. The van der Waals surface area contributed by atoms with E-state index in [-0.39, 0.29) is 32.2 Å². The molecule has 0 aliphatic carbocycles. The Balaban J connectivity index is 4.45. The van der Waals surface area contributed by atoms with Crippen molar-refractivity contribution >= 4 is 17.9 Å². The van der Waals surface area contributed by atoms with Crippen molar-refractivity contribution in [2.75, 3.05) is 47.5 Å². The lowest BCUT2D eigenvalue weighted by Crippen LogP contribution is -2.44. The highest BCUT2D eigenvalue weighted by Gasteiger charge is 2.21. The Morgan fingerprint density at radius 3 is 1.52 bits per heavy atom. The van der Waals surface area contributed by atoms with Gasteiger partial charge in [0.05, 0.1) is 40.3 Å². The molecule has 0 bridgehead atoms. The summed E-state index contributed by atoms with van der Waals surface area (Å²) in [6.45, 7) is 4.67. The highest BCUT2D eigenvalue weighted by Crippen LogP contribution is 2.13. The van der Waals surface area contributed by atoms with Crippen molar-refractivity contribution in [1.29, 1.82) is 0 Å². The largest absolute Gasteiger partial charge is 0.545 e. The van der Waals surface area contributed by atoms with Crippen molar-refractivity contribution in [1.82, 2.24) is 0 Å². The molecule has 0 fully saturated rings. The molecule has 0 amide bonds. The van der Waals surface area contributed by atoms with Gasteiger partial charge in [-0.2, -0.15) is 0 Å². The molecule has 0 aliphatic heterocycles. The van der Waals surface area contributed by atoms with E-state index in [0.717, 1.165) is 70.6 Å². The number of carbonyl (C=O) groups excluding carboxylic acids is 3. The Morgan fingerprint density at radius 2 is 1.00 bits per heavy atom. The number of unbranched alkanes of at least 4 members (excludes halogenated alkanes) is 18. The molecule has 2 unspecified atom stereocenters. The lowest BCUT2D eigenvalue weighted by molar-refractivity contribution is -0.870. The lowest BCUT2D eigenvalue weighted by atomic mass is 10.1. The zero-order chi connectivity index (χ0) is 40.0. The molecule has 0 aromatic heterocycles. The van der Waals surface area contributed by atoms with Crippen LogP contribution in [0.5, 0.6) is 0 Å². The Bertz CT molecular complexity index is 987. The van der Waals surface area contributed by atoms with Crippen LogP contribution in [0.2, 0.25) is 0 Å². The summed E-state index contributed by atoms with van der Waals surface area (Å²) < 4.78 is 22.5. The van der Waals surface area contributed by atoms with Gasteiger partial charge in [-0.3, -0.25) is 9.59 Å². The topological polar surface area (TPSA) is 111 Å². The molecular weight excluding hydrogens is 682 g/mol. The molecule has 2 atom stereocenters. The number of aliphatic carboxylic acids is 1. The van der Waals surface area contributed by atoms with Crippen LogP contribution in [-0.2, 0) is 33.3 Å². The van der Waals surface area contributed by atoms with Crippen LogP contribution in [0.25, 0.3) is 0 Å². The van der Waals surface area contributed by atoms with Crippen LogP contribution in [0, 0.1) is 0 Å². The minimum Gasteiger partial charge on any atom is -0.545 e. The summed E-state index contributed by atoms with van der Waals surface area (Å²) in [6.07, 6.45) is 37.4. The van der Waals surface area contributed by atoms with Crippen molar-refractivity contribution in [3.05, 3.63) is 36.5 Å². The van der Waals surface area contributed by atoms with Crippen molar-refractivity contribution in [2.24, 2.45) is 0 Å². The van der Waals surface area contributed by atoms with Crippen molar-refractivity contribution in [3.8, 4) is 0 Å². The van der Waals surface area contributed by atoms with Gasteiger partial charge in [-0.25, -0.2) is 0 Å². The maximum atomic E-state index is 12.7. The number of carboxylic acids is 1. The van der Waals surface area contributed by atoms with Gasteiger partial charge in [-0.1, -0.05) is 147 Å². The molecule has 0 aromatic rings. The molecule has 0 saturated carbocycles. The molecule has 54 heavy (non-hydrogen) atoms. The average molecular weight is 764 g/mol. The Morgan fingerprint density at radius 1 is 0.556 bits per heavy atom. The summed E-state index contributed by atoms with van der Waals surface area (Å²) >= 11 is 0. The van der Waals surface area contributed by atoms with E-state index in [2.05, 4.69) is 50.3 Å². The number of likely N-dealkylation sites (N-methyl/N-ethyl adjacent to an activating group) is 1. The van der Waals surface area contributed by atoms with Crippen LogP contribution in [0.4, 0.5) is 0 Å². The zero-order valence-electron chi connectivity index (χ0n) is 35.3. The predicted molar refractivity (Wildman–Crippen MR) is 219 cm³/mol. The second kappa shape index (κ2) is 37.4. The van der Waals surface area contributed by atoms with Gasteiger partial charge in [0.2, 0.25) is 0 Å². The Labute approximate surface area is 330 Å². The number of hydrogen-bond acceptors (Lipinski definition) is 8. The van der Waals surface area contributed by atoms with Crippen molar-refractivity contribution in [3.63, 3.8) is 0 Å². The lowest BCUT2D eigenvalue weighted by Gasteiger charge is -2.26. The molecule has 0 spiro atoms. The number of esters is 2. The summed E-state index contributed by atoms with van der Waals surface area (Å²) in [7, 11) is 5.90. The number of quaternary nitrogens is 1. The van der Waals surface area contributed by atoms with Gasteiger partial charge < -0.3 is 33.3 Å². The SMILES string of the molecule is CCCCC/C=C\C/C=C\C/C=C\CCCCCCCCC(=O)OC(COC(=O)CCCCCCCCCCCC)COC(OCC[N+](C)(C)C)C(=O)[O-]. The van der Waals surface area contributed by atoms with Gasteiger partial charge in [-0.05, 0) is 51.4 Å². The number of carbonyl (C=O) groups is 3. The van der Waals surface area contributed by atoms with Gasteiger partial charge >= 0.3 is 11.9 Å². The van der Waals surface area contributed by atoms with E-state index in [4.69, 9.17) is 18.9 Å². The molecular formula is C45H81NO8. The first-order valence-corrected chi connectivity index (χ1v) is 21.6. The third kappa shape index (κ3) is 37.8. The second-order valence-corrected chi connectivity index (χ2v) is 15.6. The van der Waals surface area contributed by atoms with Gasteiger partial charge in [0.15, 0.2) is 12.4 Å². The fourth-order valence-corrected chi connectivity index (χ4v) is 5.72. The molecule has 0 aromatic carbocycles. The van der Waals surface area contributed by atoms with Gasteiger partial charge in [0, 0.05) is 12.8 Å². The standard InChI is InChI=1S/C45H81NO8/c1-6-8-10-12-14-16-18-19-20-21-22-23-24-25-26-28-30-32-34-36-43(48)54-41(40-53-45(44(49)50)51-38-37-46(3,4)5)39-52-42(47)35-33-31-29-27-17-15-13-11-9-7-2/h14,16,19-20,22-23,41,45H,6-13,15,17-18,21,24-40H2,1-5H3/b16-14-,20-19-,23-22-. The zero-order valence-corrected chi connectivity index (χ0v) is 35.3. The van der Waals surface area contributed by atoms with Gasteiger partial charge in [0.25, 0.3) is 0 Å². The first kappa shape index (κ1) is 51.5. The quantitative estimate of drug-likeness (QED) is 0.0200. The number of carboxylic acid groups (broad SMARTS) is 1. The highest BCUT2D eigenvalue weighted by atomic mass is 16.7. The van der Waals surface area contributed by atoms with Gasteiger partial charge in [0.1, 0.15) is 13.2 Å². The molecule has 0 saturated heterocycles. The van der Waals surface area contributed by atoms with E-state index >= 15 is 0 Å². The number of hydrogen-bond donors (Lipinski definition) is 0. The first-order chi connectivity index (χ1) is 26.1. The Kier molecular flexibility index (Phi) is 35.7. The molecule has 0 heterocycles. The highest BCUT2D eigenvalue weighted by molar-refractivity contribution is 5.70. The molecule has 9 heteroatoms. The van der Waals surface area contributed by atoms with Crippen LogP contribution in [0.15, 0.2) is 36.5 Å². The number of ether oxygens (including phenoxy) is 4. The van der Waals surface area contributed by atoms with E-state index in [1.807, 2.05) is 21.1 Å². The number of allylic oxidation sites excluding steroid dienone is 6. The molecule has 0 N–H and O–H groups in total. The molecule has 0 aliphatic rings. The summed E-state index contributed by atoms with van der Waals surface area (Å²) in [6, 6.07) is 0. The van der Waals surface area contributed by atoms with Crippen molar-refractivity contribution < 1.29 is 42.9 Å². The smallest absolute Gasteiger partial charge is 0.306 e. The Hall–Kier alpha value is -2.49.